The summed E-state index contributed by atoms with van der Waals surface area (Å²) in [5.74, 6) is -1.61. The molecule has 0 spiro atoms. The van der Waals surface area contributed by atoms with Gasteiger partial charge < -0.3 is 10.6 Å². The fraction of sp³-hybridized carbons (Fsp3) is 0.0625. The molecule has 0 saturated heterocycles. The SMILES string of the molecule is CC(=O)c1ccc(NC(=O)C(=O)Nc2ccc(Br)cc2)cc1. The second kappa shape index (κ2) is 7.00. The Labute approximate surface area is 135 Å². The summed E-state index contributed by atoms with van der Waals surface area (Å²) in [5.41, 5.74) is 1.51. The zero-order chi connectivity index (χ0) is 16.1. The Hall–Kier alpha value is -2.47. The van der Waals surface area contributed by atoms with E-state index >= 15 is 0 Å². The summed E-state index contributed by atoms with van der Waals surface area (Å²) >= 11 is 3.28. The van der Waals surface area contributed by atoms with Crippen molar-refractivity contribution < 1.29 is 14.4 Å². The third kappa shape index (κ3) is 4.26. The van der Waals surface area contributed by atoms with Crippen molar-refractivity contribution in [2.24, 2.45) is 0 Å². The standard InChI is InChI=1S/C16H13BrN2O3/c1-10(20)11-2-6-13(7-3-11)18-15(21)16(22)19-14-8-4-12(17)5-9-14/h2-9H,1H3,(H,18,21)(H,19,22). The number of amides is 2. The molecule has 0 radical (unpaired) electrons. The number of Topliss-reactive ketones (excluding diaryl/α,β-unsaturated/α-hetero) is 1. The monoisotopic (exact) mass is 360 g/mol. The van der Waals surface area contributed by atoms with Crippen molar-refractivity contribution in [1.29, 1.82) is 0 Å². The van der Waals surface area contributed by atoms with E-state index < -0.39 is 11.8 Å². The second-order valence-corrected chi connectivity index (χ2v) is 5.46. The van der Waals surface area contributed by atoms with E-state index in [1.54, 1.807) is 48.5 Å². The molecule has 6 heteroatoms. The highest BCUT2D eigenvalue weighted by molar-refractivity contribution is 9.10. The van der Waals surface area contributed by atoms with Gasteiger partial charge in [0.25, 0.3) is 0 Å². The average molecular weight is 361 g/mol. The molecule has 5 nitrogen and oxygen atoms in total. The Morgan fingerprint density at radius 3 is 1.59 bits per heavy atom. The number of rotatable bonds is 3. The van der Waals surface area contributed by atoms with E-state index in [4.69, 9.17) is 0 Å². The number of carbonyl (C=O) groups excluding carboxylic acids is 3. The summed E-state index contributed by atoms with van der Waals surface area (Å²) in [7, 11) is 0. The lowest BCUT2D eigenvalue weighted by Gasteiger charge is -2.07. The predicted molar refractivity (Wildman–Crippen MR) is 87.8 cm³/mol. The van der Waals surface area contributed by atoms with Crippen LogP contribution in [-0.2, 0) is 9.59 Å². The molecule has 2 aromatic rings. The number of benzene rings is 2. The number of nitrogens with one attached hydrogen (secondary N) is 2. The van der Waals surface area contributed by atoms with Gasteiger partial charge in [0.15, 0.2) is 5.78 Å². The maximum Gasteiger partial charge on any atom is 0.314 e. The van der Waals surface area contributed by atoms with Crippen LogP contribution in [0.15, 0.2) is 53.0 Å². The Bertz CT molecular complexity index is 709. The molecule has 0 heterocycles. The van der Waals surface area contributed by atoms with Crippen LogP contribution in [0.4, 0.5) is 11.4 Å². The molecule has 2 aromatic carbocycles. The Balaban J connectivity index is 1.97. The molecule has 0 bridgehead atoms. The molecule has 2 amide bonds. The van der Waals surface area contributed by atoms with Gasteiger partial charge in [-0.2, -0.15) is 0 Å². The highest BCUT2D eigenvalue weighted by Crippen LogP contribution is 2.14. The van der Waals surface area contributed by atoms with Crippen LogP contribution < -0.4 is 10.6 Å². The topological polar surface area (TPSA) is 75.3 Å². The third-order valence-electron chi connectivity index (χ3n) is 2.86. The molecule has 0 unspecified atom stereocenters. The van der Waals surface area contributed by atoms with Crippen molar-refractivity contribution in [1.82, 2.24) is 0 Å². The fourth-order valence-electron chi connectivity index (χ4n) is 1.70. The van der Waals surface area contributed by atoms with E-state index in [2.05, 4.69) is 26.6 Å². The highest BCUT2D eigenvalue weighted by atomic mass is 79.9. The molecule has 2 N–H and O–H groups in total. The van der Waals surface area contributed by atoms with Gasteiger partial charge in [-0.1, -0.05) is 15.9 Å². The molecular formula is C16H13BrN2O3. The van der Waals surface area contributed by atoms with Crippen LogP contribution in [-0.4, -0.2) is 17.6 Å². The zero-order valence-corrected chi connectivity index (χ0v) is 13.3. The van der Waals surface area contributed by atoms with Gasteiger partial charge in [0.05, 0.1) is 0 Å². The van der Waals surface area contributed by atoms with E-state index in [1.165, 1.54) is 6.92 Å². The minimum atomic E-state index is -0.779. The average Bonchev–Trinajstić information content (AvgIpc) is 2.50. The first-order chi connectivity index (χ1) is 10.5. The van der Waals surface area contributed by atoms with Crippen molar-refractivity contribution in [3.05, 3.63) is 58.6 Å². The van der Waals surface area contributed by atoms with E-state index in [-0.39, 0.29) is 5.78 Å². The van der Waals surface area contributed by atoms with Crippen LogP contribution in [0.2, 0.25) is 0 Å². The summed E-state index contributed by atoms with van der Waals surface area (Å²) < 4.78 is 0.875. The fourth-order valence-corrected chi connectivity index (χ4v) is 1.96. The van der Waals surface area contributed by atoms with Gasteiger partial charge in [-0.05, 0) is 55.5 Å². The smallest absolute Gasteiger partial charge is 0.314 e. The number of carbonyl (C=O) groups is 3. The highest BCUT2D eigenvalue weighted by Gasteiger charge is 2.14. The quantitative estimate of drug-likeness (QED) is 0.651. The van der Waals surface area contributed by atoms with Crippen LogP contribution in [0.1, 0.15) is 17.3 Å². The molecule has 0 fully saturated rings. The van der Waals surface area contributed by atoms with Gasteiger partial charge in [-0.15, -0.1) is 0 Å². The molecule has 0 aliphatic heterocycles. The van der Waals surface area contributed by atoms with Gasteiger partial charge in [-0.3, -0.25) is 14.4 Å². The second-order valence-electron chi connectivity index (χ2n) is 4.55. The number of anilines is 2. The van der Waals surface area contributed by atoms with Crippen LogP contribution >= 0.6 is 15.9 Å². The summed E-state index contributed by atoms with van der Waals surface area (Å²) in [6.07, 6.45) is 0. The molecule has 22 heavy (non-hydrogen) atoms. The number of halogens is 1. The predicted octanol–water partition coefficient (Wildman–Crippen LogP) is 3.23. The molecular weight excluding hydrogens is 348 g/mol. The van der Waals surface area contributed by atoms with Crippen LogP contribution in [0.25, 0.3) is 0 Å². The maximum absolute atomic E-state index is 11.8. The molecule has 0 atom stereocenters. The van der Waals surface area contributed by atoms with Crippen molar-refractivity contribution >= 4 is 44.9 Å². The zero-order valence-electron chi connectivity index (χ0n) is 11.7. The van der Waals surface area contributed by atoms with E-state index in [0.29, 0.717) is 16.9 Å². The molecule has 0 saturated carbocycles. The summed E-state index contributed by atoms with van der Waals surface area (Å²) in [4.78, 5) is 34.8. The summed E-state index contributed by atoms with van der Waals surface area (Å²) in [5, 5.41) is 4.96. The first-order valence-corrected chi connectivity index (χ1v) is 7.24. The van der Waals surface area contributed by atoms with Gasteiger partial charge in [-0.25, -0.2) is 0 Å². The van der Waals surface area contributed by atoms with Gasteiger partial charge in [0.2, 0.25) is 0 Å². The first kappa shape index (κ1) is 15.9. The largest absolute Gasteiger partial charge is 0.318 e. The van der Waals surface area contributed by atoms with Crippen molar-refractivity contribution in [3.8, 4) is 0 Å². The van der Waals surface area contributed by atoms with E-state index in [1.807, 2.05) is 0 Å². The van der Waals surface area contributed by atoms with E-state index in [0.717, 1.165) is 4.47 Å². The lowest BCUT2D eigenvalue weighted by atomic mass is 10.1. The Morgan fingerprint density at radius 2 is 1.18 bits per heavy atom. The Kier molecular flexibility index (Phi) is 5.06. The normalized spacial score (nSPS) is 9.91. The molecule has 0 aliphatic carbocycles. The Morgan fingerprint density at radius 1 is 0.773 bits per heavy atom. The lowest BCUT2D eigenvalue weighted by molar-refractivity contribution is -0.132. The third-order valence-corrected chi connectivity index (χ3v) is 3.39. The molecule has 112 valence electrons. The number of hydrogen-bond donors (Lipinski definition) is 2. The van der Waals surface area contributed by atoms with Crippen LogP contribution in [0, 0.1) is 0 Å². The van der Waals surface area contributed by atoms with Gasteiger partial charge in [0, 0.05) is 21.4 Å². The van der Waals surface area contributed by atoms with E-state index in [9.17, 15) is 14.4 Å². The first-order valence-electron chi connectivity index (χ1n) is 6.44. The number of ketones is 1. The maximum atomic E-state index is 11.8. The van der Waals surface area contributed by atoms with Crippen molar-refractivity contribution in [3.63, 3.8) is 0 Å². The van der Waals surface area contributed by atoms with Crippen molar-refractivity contribution in [2.75, 3.05) is 10.6 Å². The minimum Gasteiger partial charge on any atom is -0.318 e. The van der Waals surface area contributed by atoms with Crippen LogP contribution in [0.3, 0.4) is 0 Å². The van der Waals surface area contributed by atoms with Gasteiger partial charge in [0.1, 0.15) is 0 Å². The number of hydrogen-bond acceptors (Lipinski definition) is 3. The van der Waals surface area contributed by atoms with Gasteiger partial charge >= 0.3 is 11.8 Å². The summed E-state index contributed by atoms with van der Waals surface area (Å²) in [6, 6.07) is 13.2. The lowest BCUT2D eigenvalue weighted by Crippen LogP contribution is -2.29. The minimum absolute atomic E-state index is 0.0640. The summed E-state index contributed by atoms with van der Waals surface area (Å²) in [6.45, 7) is 1.46. The molecule has 0 aliphatic rings. The van der Waals surface area contributed by atoms with Crippen LogP contribution in [0.5, 0.6) is 0 Å². The molecule has 2 rings (SSSR count). The van der Waals surface area contributed by atoms with Crippen molar-refractivity contribution in [2.45, 2.75) is 6.92 Å². The molecule has 0 aromatic heterocycles.